The Hall–Kier alpha value is -1.64. The van der Waals surface area contributed by atoms with Crippen molar-refractivity contribution in [1.82, 2.24) is 0 Å². The van der Waals surface area contributed by atoms with Gasteiger partial charge in [0.05, 0.1) is 5.92 Å². The number of rotatable bonds is 4. The van der Waals surface area contributed by atoms with Crippen LogP contribution in [0.5, 0.6) is 0 Å². The fourth-order valence-corrected chi connectivity index (χ4v) is 2.82. The molecule has 1 aliphatic carbocycles. The van der Waals surface area contributed by atoms with Gasteiger partial charge in [-0.3, -0.25) is 9.59 Å². The molecule has 1 aromatic carbocycles. The minimum absolute atomic E-state index is 0.168. The van der Waals surface area contributed by atoms with Crippen LogP contribution in [0.3, 0.4) is 0 Å². The summed E-state index contributed by atoms with van der Waals surface area (Å²) in [6, 6.07) is 7.83. The minimum Gasteiger partial charge on any atom is -0.481 e. The van der Waals surface area contributed by atoms with Crippen LogP contribution in [0.25, 0.3) is 0 Å². The summed E-state index contributed by atoms with van der Waals surface area (Å²) in [5.74, 6) is -0.220. The zero-order valence-electron chi connectivity index (χ0n) is 11.3. The number of Topliss-reactive ketones (excluding diaryl/α,β-unsaturated/α-hetero) is 1. The van der Waals surface area contributed by atoms with Crippen LogP contribution in [0.2, 0.25) is 0 Å². The van der Waals surface area contributed by atoms with Crippen LogP contribution in [0, 0.1) is 5.92 Å². The second-order valence-corrected chi connectivity index (χ2v) is 5.29. The summed E-state index contributed by atoms with van der Waals surface area (Å²) in [5.41, 5.74) is 2.00. The second-order valence-electron chi connectivity index (χ2n) is 5.29. The Labute approximate surface area is 113 Å². The molecule has 1 aromatic rings. The highest BCUT2D eigenvalue weighted by atomic mass is 16.4. The van der Waals surface area contributed by atoms with E-state index in [0.29, 0.717) is 12.3 Å². The molecular formula is C16H20O3. The largest absolute Gasteiger partial charge is 0.481 e. The number of carbonyl (C=O) groups is 2. The standard InChI is InChI=1S/C16H20O3/c1-2-15(17)13-7-3-11(4-8-13)12-5-9-14(10-6-12)16(18)19/h3-4,7-8,12,14H,2,5-6,9-10H2,1H3,(H,18,19). The topological polar surface area (TPSA) is 54.4 Å². The number of benzene rings is 1. The maximum Gasteiger partial charge on any atom is 0.306 e. The van der Waals surface area contributed by atoms with Crippen LogP contribution < -0.4 is 0 Å². The van der Waals surface area contributed by atoms with Gasteiger partial charge in [-0.15, -0.1) is 0 Å². The molecule has 3 nitrogen and oxygen atoms in total. The number of carbonyl (C=O) groups excluding carboxylic acids is 1. The molecule has 1 fully saturated rings. The van der Waals surface area contributed by atoms with E-state index in [1.54, 1.807) is 0 Å². The average Bonchev–Trinajstić information content (AvgIpc) is 2.46. The highest BCUT2D eigenvalue weighted by Gasteiger charge is 2.26. The van der Waals surface area contributed by atoms with E-state index in [1.807, 2.05) is 31.2 Å². The summed E-state index contributed by atoms with van der Waals surface area (Å²) < 4.78 is 0. The predicted molar refractivity (Wildman–Crippen MR) is 73.4 cm³/mol. The number of carboxylic acids is 1. The first-order valence-corrected chi connectivity index (χ1v) is 6.97. The molecule has 2 rings (SSSR count). The van der Waals surface area contributed by atoms with Crippen molar-refractivity contribution in [2.24, 2.45) is 5.92 Å². The zero-order chi connectivity index (χ0) is 13.8. The lowest BCUT2D eigenvalue weighted by Crippen LogP contribution is -2.20. The normalized spacial score (nSPS) is 23.0. The Balaban J connectivity index is 2.00. The van der Waals surface area contributed by atoms with Gasteiger partial charge in [0.1, 0.15) is 0 Å². The Morgan fingerprint density at radius 3 is 2.16 bits per heavy atom. The van der Waals surface area contributed by atoms with Gasteiger partial charge in [0.2, 0.25) is 0 Å². The van der Waals surface area contributed by atoms with Gasteiger partial charge >= 0.3 is 5.97 Å². The molecule has 0 bridgehead atoms. The van der Waals surface area contributed by atoms with E-state index < -0.39 is 5.97 Å². The molecule has 1 saturated carbocycles. The zero-order valence-corrected chi connectivity index (χ0v) is 11.3. The van der Waals surface area contributed by atoms with Crippen molar-refractivity contribution >= 4 is 11.8 Å². The molecule has 3 heteroatoms. The van der Waals surface area contributed by atoms with Crippen molar-refractivity contribution in [3.05, 3.63) is 35.4 Å². The monoisotopic (exact) mass is 260 g/mol. The van der Waals surface area contributed by atoms with Crippen molar-refractivity contribution in [3.8, 4) is 0 Å². The molecule has 0 aliphatic heterocycles. The van der Waals surface area contributed by atoms with Gasteiger partial charge in [0, 0.05) is 12.0 Å². The molecule has 0 atom stereocenters. The Morgan fingerprint density at radius 1 is 1.11 bits per heavy atom. The summed E-state index contributed by atoms with van der Waals surface area (Å²) in [7, 11) is 0. The molecule has 1 aliphatic rings. The third-order valence-electron chi connectivity index (χ3n) is 4.10. The molecular weight excluding hydrogens is 240 g/mol. The van der Waals surface area contributed by atoms with E-state index >= 15 is 0 Å². The fourth-order valence-electron chi connectivity index (χ4n) is 2.82. The summed E-state index contributed by atoms with van der Waals surface area (Å²) in [6.45, 7) is 1.86. The lowest BCUT2D eigenvalue weighted by molar-refractivity contribution is -0.142. The molecule has 0 heterocycles. The van der Waals surface area contributed by atoms with Gasteiger partial charge in [-0.05, 0) is 37.2 Å². The first-order chi connectivity index (χ1) is 9.11. The molecule has 19 heavy (non-hydrogen) atoms. The smallest absolute Gasteiger partial charge is 0.306 e. The Morgan fingerprint density at radius 2 is 1.68 bits per heavy atom. The molecule has 0 unspecified atom stereocenters. The maximum absolute atomic E-state index is 11.6. The fraction of sp³-hybridized carbons (Fsp3) is 0.500. The van der Waals surface area contributed by atoms with E-state index in [0.717, 1.165) is 31.2 Å². The summed E-state index contributed by atoms with van der Waals surface area (Å²) in [4.78, 5) is 22.5. The van der Waals surface area contributed by atoms with Crippen molar-refractivity contribution in [1.29, 1.82) is 0 Å². The van der Waals surface area contributed by atoms with Crippen molar-refractivity contribution in [3.63, 3.8) is 0 Å². The van der Waals surface area contributed by atoms with Gasteiger partial charge < -0.3 is 5.11 Å². The number of hydrogen-bond acceptors (Lipinski definition) is 2. The summed E-state index contributed by atoms with van der Waals surface area (Å²) in [5, 5.41) is 8.98. The quantitative estimate of drug-likeness (QED) is 0.841. The van der Waals surface area contributed by atoms with Crippen LogP contribution in [-0.4, -0.2) is 16.9 Å². The maximum atomic E-state index is 11.6. The Bertz CT molecular complexity index is 453. The van der Waals surface area contributed by atoms with E-state index in [-0.39, 0.29) is 11.7 Å². The Kier molecular flexibility index (Phi) is 4.35. The minimum atomic E-state index is -0.664. The van der Waals surface area contributed by atoms with E-state index in [1.165, 1.54) is 5.56 Å². The molecule has 0 spiro atoms. The van der Waals surface area contributed by atoms with Crippen molar-refractivity contribution < 1.29 is 14.7 Å². The second kappa shape index (κ2) is 6.00. The van der Waals surface area contributed by atoms with Crippen molar-refractivity contribution in [2.75, 3.05) is 0 Å². The van der Waals surface area contributed by atoms with E-state index in [4.69, 9.17) is 5.11 Å². The third kappa shape index (κ3) is 3.22. The molecule has 0 saturated heterocycles. The van der Waals surface area contributed by atoms with Crippen LogP contribution in [-0.2, 0) is 4.79 Å². The first-order valence-electron chi connectivity index (χ1n) is 6.97. The van der Waals surface area contributed by atoms with Gasteiger partial charge in [-0.2, -0.15) is 0 Å². The molecule has 102 valence electrons. The van der Waals surface area contributed by atoms with Crippen LogP contribution >= 0.6 is 0 Å². The van der Waals surface area contributed by atoms with Gasteiger partial charge in [0.25, 0.3) is 0 Å². The molecule has 0 aromatic heterocycles. The number of ketones is 1. The van der Waals surface area contributed by atoms with Crippen LogP contribution in [0.4, 0.5) is 0 Å². The predicted octanol–water partition coefficient (Wildman–Crippen LogP) is 3.64. The SMILES string of the molecule is CCC(=O)c1ccc(C2CCC(C(=O)O)CC2)cc1. The van der Waals surface area contributed by atoms with Crippen molar-refractivity contribution in [2.45, 2.75) is 44.9 Å². The van der Waals surface area contributed by atoms with Crippen LogP contribution in [0.1, 0.15) is 60.9 Å². The highest BCUT2D eigenvalue weighted by Crippen LogP contribution is 2.35. The number of hydrogen-bond donors (Lipinski definition) is 1. The average molecular weight is 260 g/mol. The molecule has 1 N–H and O–H groups in total. The lowest BCUT2D eigenvalue weighted by atomic mass is 9.78. The third-order valence-corrected chi connectivity index (χ3v) is 4.10. The van der Waals surface area contributed by atoms with E-state index in [9.17, 15) is 9.59 Å². The molecule has 0 amide bonds. The van der Waals surface area contributed by atoms with Crippen LogP contribution in [0.15, 0.2) is 24.3 Å². The number of aliphatic carboxylic acids is 1. The van der Waals surface area contributed by atoms with Gasteiger partial charge in [-0.25, -0.2) is 0 Å². The highest BCUT2D eigenvalue weighted by molar-refractivity contribution is 5.95. The molecule has 0 radical (unpaired) electrons. The summed E-state index contributed by atoms with van der Waals surface area (Å²) in [6.07, 6.45) is 3.91. The van der Waals surface area contributed by atoms with Gasteiger partial charge in [0.15, 0.2) is 5.78 Å². The number of carboxylic acid groups (broad SMARTS) is 1. The van der Waals surface area contributed by atoms with E-state index in [2.05, 4.69) is 0 Å². The lowest BCUT2D eigenvalue weighted by Gasteiger charge is -2.26. The summed E-state index contributed by atoms with van der Waals surface area (Å²) >= 11 is 0. The first kappa shape index (κ1) is 13.8. The van der Waals surface area contributed by atoms with Gasteiger partial charge in [-0.1, -0.05) is 31.2 Å².